The van der Waals surface area contributed by atoms with E-state index >= 15 is 0 Å². The number of rotatable bonds is 12. The summed E-state index contributed by atoms with van der Waals surface area (Å²) >= 11 is 0. The molecule has 0 unspecified atom stereocenters. The molecule has 0 aromatic heterocycles. The first-order chi connectivity index (χ1) is 18.5. The van der Waals surface area contributed by atoms with Gasteiger partial charge in [0.25, 0.3) is 5.91 Å². The van der Waals surface area contributed by atoms with Crippen molar-refractivity contribution in [1.82, 2.24) is 4.90 Å². The molecule has 0 saturated heterocycles. The minimum Gasteiger partial charge on any atom is -0.463 e. The second-order valence-corrected chi connectivity index (χ2v) is 8.21. The van der Waals surface area contributed by atoms with Gasteiger partial charge in [0.05, 0.1) is 17.7 Å². The number of nitrogens with one attached hydrogen (secondary N) is 1. The van der Waals surface area contributed by atoms with Crippen molar-refractivity contribution in [2.24, 2.45) is 5.73 Å². The maximum absolute atomic E-state index is 13.2. The lowest BCUT2D eigenvalue weighted by atomic mass is 10.1. The molecule has 3 N–H and O–H groups in total. The Balaban J connectivity index is 2.18. The van der Waals surface area contributed by atoms with Gasteiger partial charge in [0.15, 0.2) is 0 Å². The molecule has 204 valence electrons. The van der Waals surface area contributed by atoms with Crippen LogP contribution in [-0.2, 0) is 23.9 Å². The van der Waals surface area contributed by atoms with Gasteiger partial charge in [0, 0.05) is 17.3 Å². The maximum Gasteiger partial charge on any atom is 0.343 e. The molecule has 0 bridgehead atoms. The van der Waals surface area contributed by atoms with E-state index in [1.165, 1.54) is 31.3 Å². The molecule has 0 spiro atoms. The van der Waals surface area contributed by atoms with Gasteiger partial charge in [-0.3, -0.25) is 15.0 Å². The van der Waals surface area contributed by atoms with Crippen molar-refractivity contribution in [3.05, 3.63) is 95.2 Å². The first-order valence-electron chi connectivity index (χ1n) is 11.9. The monoisotopic (exact) mass is 533 g/mol. The van der Waals surface area contributed by atoms with Crippen LogP contribution in [0.5, 0.6) is 5.75 Å². The lowest BCUT2D eigenvalue weighted by Gasteiger charge is -2.19. The normalized spacial score (nSPS) is 11.3. The Labute approximate surface area is 226 Å². The summed E-state index contributed by atoms with van der Waals surface area (Å²) in [6.45, 7) is 7.89. The number of nitrogens with zero attached hydrogens (tertiary/aromatic N) is 1. The largest absolute Gasteiger partial charge is 0.463 e. The van der Waals surface area contributed by atoms with Crippen LogP contribution < -0.4 is 10.5 Å². The fourth-order valence-corrected chi connectivity index (χ4v) is 3.17. The van der Waals surface area contributed by atoms with E-state index in [1.54, 1.807) is 56.3 Å². The number of esters is 3. The number of hydrogen-bond donors (Lipinski definition) is 2. The quantitative estimate of drug-likeness (QED) is 0.105. The Kier molecular flexibility index (Phi) is 11.4. The van der Waals surface area contributed by atoms with E-state index in [4.69, 9.17) is 25.4 Å². The van der Waals surface area contributed by atoms with Crippen LogP contribution >= 0.6 is 0 Å². The molecule has 0 heterocycles. The maximum atomic E-state index is 13.2. The molecule has 0 aliphatic carbocycles. The second kappa shape index (κ2) is 14.7. The number of amides is 1. The van der Waals surface area contributed by atoms with Crippen molar-refractivity contribution in [2.45, 2.75) is 20.8 Å². The SMILES string of the molecule is C=CCOC(=O)CN(C=C(C)C(=O)OCC)C(=O)C(C)=Cc1ccc(C(=O)Oc2ccc(C(=N)N)cc2)cc1. The number of hydrogen-bond acceptors (Lipinski definition) is 8. The summed E-state index contributed by atoms with van der Waals surface area (Å²) in [5.41, 5.74) is 7.23. The van der Waals surface area contributed by atoms with Crippen molar-refractivity contribution < 1.29 is 33.4 Å². The predicted molar refractivity (Wildman–Crippen MR) is 146 cm³/mol. The van der Waals surface area contributed by atoms with Gasteiger partial charge < -0.3 is 24.8 Å². The molecule has 39 heavy (non-hydrogen) atoms. The highest BCUT2D eigenvalue weighted by Gasteiger charge is 2.20. The minimum absolute atomic E-state index is 0.0191. The smallest absolute Gasteiger partial charge is 0.343 e. The molecule has 0 aliphatic heterocycles. The van der Waals surface area contributed by atoms with Crippen LogP contribution in [0.3, 0.4) is 0 Å². The molecule has 2 rings (SSSR count). The van der Waals surface area contributed by atoms with Crippen molar-refractivity contribution in [2.75, 3.05) is 19.8 Å². The van der Waals surface area contributed by atoms with Gasteiger partial charge in [-0.05, 0) is 68.8 Å². The summed E-state index contributed by atoms with van der Waals surface area (Å²) < 4.78 is 15.3. The van der Waals surface area contributed by atoms with Gasteiger partial charge in [-0.15, -0.1) is 0 Å². The Morgan fingerprint density at radius 3 is 2.13 bits per heavy atom. The molecule has 0 atom stereocenters. The molecule has 0 fully saturated rings. The zero-order valence-electron chi connectivity index (χ0n) is 22.1. The predicted octanol–water partition coefficient (Wildman–Crippen LogP) is 3.62. The standard InChI is InChI=1S/C29H31N3O7/c1-5-15-38-25(33)18-32(17-20(4)28(35)37-6-2)27(34)19(3)16-21-7-9-23(10-8-21)29(36)39-24-13-11-22(12-14-24)26(30)31/h5,7-14,16-17H,1,6,15,18H2,2-4H3,(H3,30,31). The van der Waals surface area contributed by atoms with Crippen LogP contribution in [0.25, 0.3) is 6.08 Å². The van der Waals surface area contributed by atoms with Crippen molar-refractivity contribution in [1.29, 1.82) is 5.41 Å². The molecular weight excluding hydrogens is 502 g/mol. The number of carbonyl (C=O) groups is 4. The van der Waals surface area contributed by atoms with Gasteiger partial charge in [-0.1, -0.05) is 24.8 Å². The Hall–Kier alpha value is -4.99. The molecular formula is C29H31N3O7. The third kappa shape index (κ3) is 9.43. The van der Waals surface area contributed by atoms with E-state index in [9.17, 15) is 19.2 Å². The number of amidine groups is 1. The fraction of sp³-hybridized carbons (Fsp3) is 0.207. The third-order valence-electron chi connectivity index (χ3n) is 5.11. The summed E-state index contributed by atoms with van der Waals surface area (Å²) in [6, 6.07) is 12.6. The highest BCUT2D eigenvalue weighted by Crippen LogP contribution is 2.16. The Morgan fingerprint density at radius 1 is 0.949 bits per heavy atom. The van der Waals surface area contributed by atoms with Crippen molar-refractivity contribution in [3.63, 3.8) is 0 Å². The molecule has 0 aliphatic rings. The minimum atomic E-state index is -0.678. The lowest BCUT2D eigenvalue weighted by molar-refractivity contribution is -0.146. The summed E-state index contributed by atoms with van der Waals surface area (Å²) in [6.07, 6.45) is 4.22. The van der Waals surface area contributed by atoms with E-state index in [1.807, 2.05) is 0 Å². The molecule has 1 amide bonds. The molecule has 0 saturated carbocycles. The van der Waals surface area contributed by atoms with Gasteiger partial charge in [0.1, 0.15) is 24.7 Å². The highest BCUT2D eigenvalue weighted by molar-refractivity contribution is 6.00. The van der Waals surface area contributed by atoms with Crippen LogP contribution in [0.1, 0.15) is 42.3 Å². The van der Waals surface area contributed by atoms with Crippen LogP contribution in [0, 0.1) is 5.41 Å². The summed E-state index contributed by atoms with van der Waals surface area (Å²) in [4.78, 5) is 50.9. The van der Waals surface area contributed by atoms with E-state index in [0.717, 1.165) is 4.90 Å². The second-order valence-electron chi connectivity index (χ2n) is 8.21. The Bertz CT molecular complexity index is 1290. The lowest BCUT2D eigenvalue weighted by Crippen LogP contribution is -2.33. The van der Waals surface area contributed by atoms with Gasteiger partial charge in [-0.2, -0.15) is 0 Å². The zero-order valence-corrected chi connectivity index (χ0v) is 22.1. The van der Waals surface area contributed by atoms with E-state index in [2.05, 4.69) is 6.58 Å². The van der Waals surface area contributed by atoms with E-state index in [-0.39, 0.29) is 35.8 Å². The van der Waals surface area contributed by atoms with E-state index in [0.29, 0.717) is 16.9 Å². The van der Waals surface area contributed by atoms with Crippen LogP contribution in [-0.4, -0.2) is 54.3 Å². The molecule has 2 aromatic carbocycles. The average molecular weight is 534 g/mol. The summed E-state index contributed by atoms with van der Waals surface area (Å²) in [5.74, 6) is -2.21. The fourth-order valence-electron chi connectivity index (χ4n) is 3.17. The van der Waals surface area contributed by atoms with Crippen LogP contribution in [0.2, 0.25) is 0 Å². The van der Waals surface area contributed by atoms with Crippen molar-refractivity contribution >= 4 is 35.7 Å². The highest BCUT2D eigenvalue weighted by atomic mass is 16.5. The summed E-state index contributed by atoms with van der Waals surface area (Å²) in [5, 5.41) is 7.41. The Morgan fingerprint density at radius 2 is 1.56 bits per heavy atom. The average Bonchev–Trinajstić information content (AvgIpc) is 2.91. The number of carbonyl (C=O) groups excluding carboxylic acids is 4. The topological polar surface area (TPSA) is 149 Å². The number of nitrogen functional groups attached to an aromatic ring is 1. The molecule has 2 aromatic rings. The van der Waals surface area contributed by atoms with Gasteiger partial charge in [0.2, 0.25) is 0 Å². The first kappa shape index (κ1) is 30.2. The number of benzene rings is 2. The van der Waals surface area contributed by atoms with E-state index < -0.39 is 30.4 Å². The molecule has 0 radical (unpaired) electrons. The van der Waals surface area contributed by atoms with Gasteiger partial charge >= 0.3 is 17.9 Å². The van der Waals surface area contributed by atoms with Gasteiger partial charge in [-0.25, -0.2) is 9.59 Å². The molecule has 10 nitrogen and oxygen atoms in total. The number of ether oxygens (including phenoxy) is 3. The van der Waals surface area contributed by atoms with Crippen molar-refractivity contribution in [3.8, 4) is 5.75 Å². The van der Waals surface area contributed by atoms with Crippen LogP contribution in [0.15, 0.2) is 78.5 Å². The number of nitrogens with two attached hydrogens (primary N) is 1. The third-order valence-corrected chi connectivity index (χ3v) is 5.11. The summed E-state index contributed by atoms with van der Waals surface area (Å²) in [7, 11) is 0. The van der Waals surface area contributed by atoms with Crippen LogP contribution in [0.4, 0.5) is 0 Å². The zero-order chi connectivity index (χ0) is 28.9. The molecule has 10 heteroatoms. The first-order valence-corrected chi connectivity index (χ1v) is 11.9.